The van der Waals surface area contributed by atoms with E-state index in [9.17, 15) is 8.42 Å². The summed E-state index contributed by atoms with van der Waals surface area (Å²) in [5.74, 6) is 0.940. The maximum Gasteiger partial charge on any atom is 0.242 e. The summed E-state index contributed by atoms with van der Waals surface area (Å²) in [7, 11) is -0.344. The number of hydrogen-bond acceptors (Lipinski definition) is 6. The van der Waals surface area contributed by atoms with Crippen molar-refractivity contribution in [3.05, 3.63) is 46.7 Å². The van der Waals surface area contributed by atoms with Crippen molar-refractivity contribution in [3.8, 4) is 0 Å². The second-order valence-electron chi connectivity index (χ2n) is 7.58. The van der Waals surface area contributed by atoms with Crippen molar-refractivity contribution >= 4 is 21.5 Å². The minimum absolute atomic E-state index is 0.0187. The van der Waals surface area contributed by atoms with Gasteiger partial charge in [-0.3, -0.25) is 0 Å². The Labute approximate surface area is 165 Å². The molecule has 1 fully saturated rings. The van der Waals surface area contributed by atoms with E-state index in [1.807, 2.05) is 12.1 Å². The normalized spacial score (nSPS) is 23.3. The van der Waals surface area contributed by atoms with E-state index in [1.165, 1.54) is 18.4 Å². The zero-order valence-corrected chi connectivity index (χ0v) is 17.0. The molecule has 2 aliphatic rings. The zero-order chi connectivity index (χ0) is 19.9. The summed E-state index contributed by atoms with van der Waals surface area (Å²) in [4.78, 5) is 5.22. The summed E-state index contributed by atoms with van der Waals surface area (Å²) >= 11 is 0. The molecule has 8 nitrogen and oxygen atoms in total. The number of nitrogen functional groups attached to an aromatic ring is 1. The van der Waals surface area contributed by atoms with Crippen LogP contribution in [0.4, 0.5) is 5.82 Å². The Balaban J connectivity index is 1.66. The maximum absolute atomic E-state index is 12.3. The third-order valence-corrected chi connectivity index (χ3v) is 7.37. The number of aromatic nitrogens is 3. The summed E-state index contributed by atoms with van der Waals surface area (Å²) in [6.45, 7) is 1.95. The minimum Gasteiger partial charge on any atom is -0.384 e. The van der Waals surface area contributed by atoms with Gasteiger partial charge in [0.15, 0.2) is 5.65 Å². The average Bonchev–Trinajstić information content (AvgIpc) is 3.13. The maximum atomic E-state index is 12.3. The van der Waals surface area contributed by atoms with E-state index in [2.05, 4.69) is 10.4 Å². The van der Waals surface area contributed by atoms with Gasteiger partial charge in [0.05, 0.1) is 16.8 Å². The van der Waals surface area contributed by atoms with Crippen molar-refractivity contribution in [3.63, 3.8) is 0 Å². The van der Waals surface area contributed by atoms with Gasteiger partial charge >= 0.3 is 0 Å². The molecule has 150 valence electrons. The van der Waals surface area contributed by atoms with Crippen molar-refractivity contribution in [2.45, 2.75) is 31.1 Å². The van der Waals surface area contributed by atoms with Crippen molar-refractivity contribution in [2.24, 2.45) is 0 Å². The Kier molecular flexibility index (Phi) is 4.98. The lowest BCUT2D eigenvalue weighted by atomic mass is 9.93. The fourth-order valence-corrected chi connectivity index (χ4v) is 4.81. The number of rotatable bonds is 4. The Morgan fingerprint density at radius 1 is 1.36 bits per heavy atom. The average molecular weight is 403 g/mol. The molecule has 0 radical (unpaired) electrons. The summed E-state index contributed by atoms with van der Waals surface area (Å²) in [6.07, 6.45) is 9.94. The molecular weight excluding hydrogens is 376 g/mol. The first-order chi connectivity index (χ1) is 13.4. The number of anilines is 1. The van der Waals surface area contributed by atoms with E-state index in [4.69, 9.17) is 10.7 Å². The van der Waals surface area contributed by atoms with Crippen LogP contribution in [0.5, 0.6) is 0 Å². The second kappa shape index (κ2) is 7.31. The summed E-state index contributed by atoms with van der Waals surface area (Å²) in [6, 6.07) is 1.92. The van der Waals surface area contributed by atoms with Gasteiger partial charge in [-0.05, 0) is 31.9 Å². The van der Waals surface area contributed by atoms with Gasteiger partial charge in [0.25, 0.3) is 0 Å². The standard InChI is InChI=1S/C19H26N6O2S/c1-24(2)28(26,27)15-7-5-13(6-8-15)16-12-22-25-18(20)10-17(23-19(16)25)14-4-3-9-21-11-14/h5,7-8,10,12-14,21H,3-4,6,9,11,20H2,1-2H3. The molecule has 0 aromatic carbocycles. The predicted molar refractivity (Wildman–Crippen MR) is 109 cm³/mol. The molecule has 2 atom stereocenters. The first-order valence-corrected chi connectivity index (χ1v) is 11.0. The van der Waals surface area contributed by atoms with Crippen molar-refractivity contribution < 1.29 is 8.42 Å². The first-order valence-electron chi connectivity index (χ1n) is 9.53. The van der Waals surface area contributed by atoms with E-state index >= 15 is 0 Å². The molecule has 9 heteroatoms. The van der Waals surface area contributed by atoms with Gasteiger partial charge in [0.1, 0.15) is 5.82 Å². The molecule has 1 saturated heterocycles. The topological polar surface area (TPSA) is 106 Å². The number of nitrogens with zero attached hydrogens (tertiary/aromatic N) is 4. The van der Waals surface area contributed by atoms with Gasteiger partial charge < -0.3 is 11.1 Å². The van der Waals surface area contributed by atoms with Crippen LogP contribution in [-0.4, -0.2) is 54.5 Å². The SMILES string of the molecule is CN(C)S(=O)(=O)C1=CCC(c2cnn3c(N)cc(C4CCCNC4)nc23)C=C1. The van der Waals surface area contributed by atoms with Crippen LogP contribution in [-0.2, 0) is 10.0 Å². The van der Waals surface area contributed by atoms with Crippen LogP contribution < -0.4 is 11.1 Å². The largest absolute Gasteiger partial charge is 0.384 e. The van der Waals surface area contributed by atoms with Crippen molar-refractivity contribution in [1.82, 2.24) is 24.2 Å². The van der Waals surface area contributed by atoms with Gasteiger partial charge in [-0.2, -0.15) is 9.61 Å². The molecule has 0 spiro atoms. The summed E-state index contributed by atoms with van der Waals surface area (Å²) < 4.78 is 27.5. The summed E-state index contributed by atoms with van der Waals surface area (Å²) in [5, 5.41) is 7.83. The molecule has 2 unspecified atom stereocenters. The lowest BCUT2D eigenvalue weighted by molar-refractivity contribution is 0.455. The molecule has 4 rings (SSSR count). The van der Waals surface area contributed by atoms with E-state index in [-0.39, 0.29) is 5.92 Å². The lowest BCUT2D eigenvalue weighted by Crippen LogP contribution is -2.29. The van der Waals surface area contributed by atoms with Crippen molar-refractivity contribution in [1.29, 1.82) is 0 Å². The van der Waals surface area contributed by atoms with Gasteiger partial charge in [0, 0.05) is 44.1 Å². The molecule has 0 saturated carbocycles. The Morgan fingerprint density at radius 3 is 2.82 bits per heavy atom. The molecular formula is C19H26N6O2S. The third-order valence-electron chi connectivity index (χ3n) is 5.51. The number of nitrogens with one attached hydrogen (secondary N) is 1. The van der Waals surface area contributed by atoms with Gasteiger partial charge in [-0.15, -0.1) is 0 Å². The highest BCUT2D eigenvalue weighted by molar-refractivity contribution is 7.93. The van der Waals surface area contributed by atoms with Gasteiger partial charge in [0.2, 0.25) is 10.0 Å². The summed E-state index contributed by atoms with van der Waals surface area (Å²) in [5.41, 5.74) is 8.95. The van der Waals surface area contributed by atoms with Crippen LogP contribution >= 0.6 is 0 Å². The number of piperidine rings is 1. The molecule has 28 heavy (non-hydrogen) atoms. The Hall–Kier alpha value is -2.23. The molecule has 2 aromatic heterocycles. The van der Waals surface area contributed by atoms with Crippen LogP contribution in [0.3, 0.4) is 0 Å². The number of sulfonamides is 1. The molecule has 2 aromatic rings. The second-order valence-corrected chi connectivity index (χ2v) is 9.73. The Bertz CT molecular complexity index is 1050. The first kappa shape index (κ1) is 19.1. The molecule has 0 amide bonds. The lowest BCUT2D eigenvalue weighted by Gasteiger charge is -2.23. The van der Waals surface area contributed by atoms with Crippen LogP contribution in [0.1, 0.15) is 42.4 Å². The van der Waals surface area contributed by atoms with Crippen LogP contribution in [0, 0.1) is 0 Å². The highest BCUT2D eigenvalue weighted by Gasteiger charge is 2.25. The van der Waals surface area contributed by atoms with Crippen LogP contribution in [0.15, 0.2) is 35.4 Å². The number of nitrogens with two attached hydrogens (primary N) is 1. The number of allylic oxidation sites excluding steroid dienone is 3. The highest BCUT2D eigenvalue weighted by Crippen LogP contribution is 2.32. The minimum atomic E-state index is -3.42. The van der Waals surface area contributed by atoms with Crippen LogP contribution in [0.2, 0.25) is 0 Å². The highest BCUT2D eigenvalue weighted by atomic mass is 32.2. The molecule has 3 N–H and O–H groups in total. The number of hydrogen-bond donors (Lipinski definition) is 2. The van der Waals surface area contributed by atoms with E-state index < -0.39 is 10.0 Å². The molecule has 1 aliphatic heterocycles. The third kappa shape index (κ3) is 3.34. The molecule has 3 heterocycles. The number of fused-ring (bicyclic) bond motifs is 1. The van der Waals surface area contributed by atoms with E-state index in [0.717, 1.165) is 42.8 Å². The van der Waals surface area contributed by atoms with E-state index in [0.29, 0.717) is 23.1 Å². The molecule has 0 bridgehead atoms. The van der Waals surface area contributed by atoms with Crippen LogP contribution in [0.25, 0.3) is 5.65 Å². The fourth-order valence-electron chi connectivity index (χ4n) is 3.83. The fraction of sp³-hybridized carbons (Fsp3) is 0.474. The quantitative estimate of drug-likeness (QED) is 0.805. The van der Waals surface area contributed by atoms with Crippen molar-refractivity contribution in [2.75, 3.05) is 32.9 Å². The van der Waals surface area contributed by atoms with Gasteiger partial charge in [-0.25, -0.2) is 17.7 Å². The Morgan fingerprint density at radius 2 is 2.18 bits per heavy atom. The smallest absolute Gasteiger partial charge is 0.242 e. The van der Waals surface area contributed by atoms with Gasteiger partial charge in [-0.1, -0.05) is 12.2 Å². The monoisotopic (exact) mass is 402 g/mol. The predicted octanol–water partition coefficient (Wildman–Crippen LogP) is 1.60. The van der Waals surface area contributed by atoms with E-state index in [1.54, 1.807) is 22.9 Å². The zero-order valence-electron chi connectivity index (χ0n) is 16.2. The molecule has 1 aliphatic carbocycles.